The number of anilines is 1. The van der Waals surface area contributed by atoms with E-state index in [1.54, 1.807) is 0 Å². The summed E-state index contributed by atoms with van der Waals surface area (Å²) in [4.78, 5) is 8.68. The molecule has 0 unspecified atom stereocenters. The molecular formula is C18H20N4O. The van der Waals surface area contributed by atoms with Crippen LogP contribution in [0.25, 0.3) is 16.7 Å². The predicted octanol–water partition coefficient (Wildman–Crippen LogP) is 3.02. The molecule has 0 spiro atoms. The Morgan fingerprint density at radius 1 is 1.04 bits per heavy atom. The van der Waals surface area contributed by atoms with Crippen molar-refractivity contribution in [2.24, 2.45) is 0 Å². The quantitative estimate of drug-likeness (QED) is 0.763. The second-order valence-corrected chi connectivity index (χ2v) is 6.25. The minimum atomic E-state index is -0.159. The monoisotopic (exact) mass is 308 g/mol. The Bertz CT molecular complexity index is 820. The van der Waals surface area contributed by atoms with Crippen molar-refractivity contribution >= 4 is 16.9 Å². The van der Waals surface area contributed by atoms with Crippen LogP contribution in [0, 0.1) is 0 Å². The lowest BCUT2D eigenvalue weighted by Crippen LogP contribution is -2.16. The van der Waals surface area contributed by atoms with Crippen molar-refractivity contribution in [3.63, 3.8) is 0 Å². The van der Waals surface area contributed by atoms with Gasteiger partial charge in [0.1, 0.15) is 11.8 Å². The third-order valence-electron chi connectivity index (χ3n) is 4.80. The Balaban J connectivity index is 1.88. The van der Waals surface area contributed by atoms with Crippen molar-refractivity contribution in [1.29, 1.82) is 0 Å². The molecule has 0 amide bonds. The molecule has 0 saturated heterocycles. The third-order valence-corrected chi connectivity index (χ3v) is 4.80. The molecule has 1 aliphatic rings. The molecular weight excluding hydrogens is 288 g/mol. The number of nitrogens with zero attached hydrogens (tertiary/aromatic N) is 3. The van der Waals surface area contributed by atoms with Gasteiger partial charge in [0.05, 0.1) is 11.6 Å². The van der Waals surface area contributed by atoms with Crippen LogP contribution >= 0.6 is 0 Å². The summed E-state index contributed by atoms with van der Waals surface area (Å²) in [7, 11) is 0. The first-order valence-electron chi connectivity index (χ1n) is 8.09. The van der Waals surface area contributed by atoms with Gasteiger partial charge in [-0.1, -0.05) is 18.2 Å². The maximum Gasteiger partial charge on any atom is 0.151 e. The highest BCUT2D eigenvalue weighted by Gasteiger charge is 2.25. The van der Waals surface area contributed by atoms with Crippen LogP contribution in [-0.2, 0) is 0 Å². The average Bonchev–Trinajstić information content (AvgIpc) is 2.97. The fraction of sp³-hybridized carbons (Fsp3) is 0.333. The minimum absolute atomic E-state index is 0.159. The molecule has 1 aromatic carbocycles. The van der Waals surface area contributed by atoms with E-state index in [0.29, 0.717) is 11.7 Å². The van der Waals surface area contributed by atoms with Crippen LogP contribution in [0.15, 0.2) is 42.9 Å². The number of nitrogens with two attached hydrogens (primary N) is 1. The molecule has 1 aliphatic carbocycles. The maximum atomic E-state index is 9.76. The smallest absolute Gasteiger partial charge is 0.151 e. The standard InChI is InChI=1S/C18H20N4O/c19-18-17-16(20-11-21-18)15(12-6-8-14(23)9-7-12)10-22(17)13-4-2-1-3-5-13/h1-5,10-12,14,23H,6-9H2,(H2,19,20,21). The van der Waals surface area contributed by atoms with Crippen LogP contribution in [0.3, 0.4) is 0 Å². The Labute approximate surface area is 134 Å². The minimum Gasteiger partial charge on any atom is -0.393 e. The van der Waals surface area contributed by atoms with Crippen molar-refractivity contribution in [3.05, 3.63) is 48.4 Å². The molecule has 4 rings (SSSR count). The van der Waals surface area contributed by atoms with Crippen LogP contribution in [0.5, 0.6) is 0 Å². The van der Waals surface area contributed by atoms with Gasteiger partial charge in [-0.25, -0.2) is 9.97 Å². The van der Waals surface area contributed by atoms with Crippen LogP contribution in [0.2, 0.25) is 0 Å². The van der Waals surface area contributed by atoms with Crippen molar-refractivity contribution in [2.45, 2.75) is 37.7 Å². The molecule has 2 heterocycles. The summed E-state index contributed by atoms with van der Waals surface area (Å²) in [5.41, 5.74) is 10.2. The van der Waals surface area contributed by atoms with Crippen LogP contribution in [0.1, 0.15) is 37.2 Å². The molecule has 23 heavy (non-hydrogen) atoms. The zero-order valence-electron chi connectivity index (χ0n) is 12.9. The SMILES string of the molecule is Nc1ncnc2c(C3CCC(O)CC3)cn(-c3ccccc3)c12. The number of aliphatic hydroxyl groups is 1. The van der Waals surface area contributed by atoms with E-state index in [9.17, 15) is 5.11 Å². The third kappa shape index (κ3) is 2.47. The van der Waals surface area contributed by atoms with Gasteiger partial charge in [0.2, 0.25) is 0 Å². The zero-order valence-corrected chi connectivity index (χ0v) is 12.9. The first-order chi connectivity index (χ1) is 11.2. The molecule has 2 aromatic heterocycles. The number of hydrogen-bond donors (Lipinski definition) is 2. The van der Waals surface area contributed by atoms with Gasteiger partial charge in [0.15, 0.2) is 5.82 Å². The van der Waals surface area contributed by atoms with E-state index in [4.69, 9.17) is 5.73 Å². The summed E-state index contributed by atoms with van der Waals surface area (Å²) in [6.07, 6.45) is 7.19. The summed E-state index contributed by atoms with van der Waals surface area (Å²) in [6.45, 7) is 0. The topological polar surface area (TPSA) is 77.0 Å². The predicted molar refractivity (Wildman–Crippen MR) is 90.5 cm³/mol. The Hall–Kier alpha value is -2.40. The van der Waals surface area contributed by atoms with Crippen LogP contribution < -0.4 is 5.73 Å². The molecule has 5 heteroatoms. The van der Waals surface area contributed by atoms with Gasteiger partial charge in [-0.2, -0.15) is 0 Å². The second kappa shape index (κ2) is 5.66. The molecule has 0 aliphatic heterocycles. The summed E-state index contributed by atoms with van der Waals surface area (Å²) >= 11 is 0. The molecule has 1 fully saturated rings. The molecule has 1 saturated carbocycles. The van der Waals surface area contributed by atoms with E-state index < -0.39 is 0 Å². The van der Waals surface area contributed by atoms with E-state index in [2.05, 4.69) is 32.9 Å². The number of para-hydroxylation sites is 1. The normalized spacial score (nSPS) is 21.6. The molecule has 3 aromatic rings. The van der Waals surface area contributed by atoms with Gasteiger partial charge < -0.3 is 15.4 Å². The number of rotatable bonds is 2. The average molecular weight is 308 g/mol. The molecule has 3 N–H and O–H groups in total. The van der Waals surface area contributed by atoms with Crippen LogP contribution in [-0.4, -0.2) is 25.7 Å². The van der Waals surface area contributed by atoms with Gasteiger partial charge in [0.25, 0.3) is 0 Å². The van der Waals surface area contributed by atoms with E-state index >= 15 is 0 Å². The van der Waals surface area contributed by atoms with E-state index in [1.807, 2.05) is 18.2 Å². The first-order valence-corrected chi connectivity index (χ1v) is 8.09. The molecule has 0 radical (unpaired) electrons. The van der Waals surface area contributed by atoms with Gasteiger partial charge in [-0.3, -0.25) is 0 Å². The number of fused-ring (bicyclic) bond motifs is 1. The summed E-state index contributed by atoms with van der Waals surface area (Å²) in [6, 6.07) is 10.1. The number of nitrogen functional groups attached to an aromatic ring is 1. The van der Waals surface area contributed by atoms with Crippen molar-refractivity contribution in [1.82, 2.24) is 14.5 Å². The highest BCUT2D eigenvalue weighted by atomic mass is 16.3. The van der Waals surface area contributed by atoms with Gasteiger partial charge in [-0.05, 0) is 49.3 Å². The summed E-state index contributed by atoms with van der Waals surface area (Å²) in [5.74, 6) is 0.918. The Morgan fingerprint density at radius 3 is 2.52 bits per heavy atom. The zero-order chi connectivity index (χ0) is 15.8. The first kappa shape index (κ1) is 14.2. The van der Waals surface area contributed by atoms with Crippen LogP contribution in [0.4, 0.5) is 5.82 Å². The number of hydrogen-bond acceptors (Lipinski definition) is 4. The second-order valence-electron chi connectivity index (χ2n) is 6.25. The molecule has 0 bridgehead atoms. The van der Waals surface area contributed by atoms with E-state index in [1.165, 1.54) is 11.9 Å². The van der Waals surface area contributed by atoms with Gasteiger partial charge in [0, 0.05) is 11.9 Å². The molecule has 118 valence electrons. The molecule has 5 nitrogen and oxygen atoms in total. The van der Waals surface area contributed by atoms with Crippen molar-refractivity contribution in [3.8, 4) is 5.69 Å². The number of aliphatic hydroxyl groups excluding tert-OH is 1. The lowest BCUT2D eigenvalue weighted by molar-refractivity contribution is 0.122. The maximum absolute atomic E-state index is 9.76. The number of aromatic nitrogens is 3. The summed E-state index contributed by atoms with van der Waals surface area (Å²) in [5, 5.41) is 9.76. The van der Waals surface area contributed by atoms with E-state index in [-0.39, 0.29) is 6.10 Å². The van der Waals surface area contributed by atoms with Gasteiger partial charge >= 0.3 is 0 Å². The lowest BCUT2D eigenvalue weighted by atomic mass is 9.83. The Kier molecular flexibility index (Phi) is 3.50. The fourth-order valence-corrected chi connectivity index (χ4v) is 3.58. The highest BCUT2D eigenvalue weighted by Crippen LogP contribution is 2.38. The summed E-state index contributed by atoms with van der Waals surface area (Å²) < 4.78 is 2.09. The largest absolute Gasteiger partial charge is 0.393 e. The fourth-order valence-electron chi connectivity index (χ4n) is 3.58. The van der Waals surface area contributed by atoms with Crippen molar-refractivity contribution < 1.29 is 5.11 Å². The van der Waals surface area contributed by atoms with Crippen molar-refractivity contribution in [2.75, 3.05) is 5.73 Å². The highest BCUT2D eigenvalue weighted by molar-refractivity contribution is 5.90. The molecule has 0 atom stereocenters. The Morgan fingerprint density at radius 2 is 1.78 bits per heavy atom. The van der Waals surface area contributed by atoms with Gasteiger partial charge in [-0.15, -0.1) is 0 Å². The lowest BCUT2D eigenvalue weighted by Gasteiger charge is -2.24. The number of benzene rings is 1. The van der Waals surface area contributed by atoms with E-state index in [0.717, 1.165) is 42.4 Å².